The van der Waals surface area contributed by atoms with Crippen LogP contribution in [0.2, 0.25) is 0 Å². The third kappa shape index (κ3) is 3.47. The SMILES string of the molecule is O=C(c1cn[nH]c1)N(CCCl)CC(F)F. The van der Waals surface area contributed by atoms with Crippen LogP contribution in [0.1, 0.15) is 10.4 Å². The second-order valence-electron chi connectivity index (χ2n) is 2.82. The Balaban J connectivity index is 2.67. The number of hydrogen-bond acceptors (Lipinski definition) is 2. The zero-order valence-electron chi connectivity index (χ0n) is 7.79. The van der Waals surface area contributed by atoms with Crippen LogP contribution in [0.15, 0.2) is 12.4 Å². The maximum atomic E-state index is 12.1. The van der Waals surface area contributed by atoms with Gasteiger partial charge in [0.15, 0.2) is 0 Å². The summed E-state index contributed by atoms with van der Waals surface area (Å²) in [7, 11) is 0. The van der Waals surface area contributed by atoms with Crippen LogP contribution in [0.5, 0.6) is 0 Å². The predicted molar refractivity (Wildman–Crippen MR) is 51.2 cm³/mol. The number of halogens is 3. The third-order valence-corrected chi connectivity index (χ3v) is 1.91. The molecule has 0 saturated carbocycles. The predicted octanol–water partition coefficient (Wildman–Crippen LogP) is 1.36. The van der Waals surface area contributed by atoms with Gasteiger partial charge in [-0.2, -0.15) is 5.10 Å². The lowest BCUT2D eigenvalue weighted by Gasteiger charge is -2.20. The van der Waals surface area contributed by atoms with E-state index in [1.54, 1.807) is 0 Å². The minimum atomic E-state index is -2.57. The van der Waals surface area contributed by atoms with E-state index in [1.165, 1.54) is 12.4 Å². The smallest absolute Gasteiger partial charge is 0.257 e. The summed E-state index contributed by atoms with van der Waals surface area (Å²) in [5.41, 5.74) is 0.251. The molecule has 84 valence electrons. The number of alkyl halides is 3. The highest BCUT2D eigenvalue weighted by Crippen LogP contribution is 2.05. The molecule has 1 aromatic heterocycles. The van der Waals surface area contributed by atoms with Crippen molar-refractivity contribution >= 4 is 17.5 Å². The van der Waals surface area contributed by atoms with E-state index in [-0.39, 0.29) is 18.0 Å². The molecule has 0 spiro atoms. The van der Waals surface area contributed by atoms with Gasteiger partial charge in [0.2, 0.25) is 0 Å². The van der Waals surface area contributed by atoms with Crippen molar-refractivity contribution in [2.75, 3.05) is 19.0 Å². The van der Waals surface area contributed by atoms with E-state index in [2.05, 4.69) is 10.2 Å². The molecule has 0 atom stereocenters. The van der Waals surface area contributed by atoms with Gasteiger partial charge in [0.05, 0.1) is 18.3 Å². The summed E-state index contributed by atoms with van der Waals surface area (Å²) in [6.07, 6.45) is 0.0772. The lowest BCUT2D eigenvalue weighted by molar-refractivity contribution is 0.0571. The molecule has 1 N–H and O–H groups in total. The van der Waals surface area contributed by atoms with E-state index in [0.717, 1.165) is 4.90 Å². The van der Waals surface area contributed by atoms with Crippen molar-refractivity contribution in [3.8, 4) is 0 Å². The molecule has 4 nitrogen and oxygen atoms in total. The lowest BCUT2D eigenvalue weighted by atomic mass is 10.3. The van der Waals surface area contributed by atoms with E-state index < -0.39 is 18.9 Å². The fourth-order valence-corrected chi connectivity index (χ4v) is 1.30. The van der Waals surface area contributed by atoms with Gasteiger partial charge in [-0.1, -0.05) is 0 Å². The van der Waals surface area contributed by atoms with Crippen molar-refractivity contribution in [2.45, 2.75) is 6.43 Å². The van der Waals surface area contributed by atoms with Gasteiger partial charge >= 0.3 is 0 Å². The molecule has 1 amide bonds. The van der Waals surface area contributed by atoms with E-state index >= 15 is 0 Å². The van der Waals surface area contributed by atoms with Crippen LogP contribution >= 0.6 is 11.6 Å². The quantitative estimate of drug-likeness (QED) is 0.786. The van der Waals surface area contributed by atoms with Gasteiger partial charge in [-0.05, 0) is 0 Å². The van der Waals surface area contributed by atoms with E-state index in [0.29, 0.717) is 0 Å². The van der Waals surface area contributed by atoms with Crippen LogP contribution in [-0.2, 0) is 0 Å². The molecule has 0 aliphatic heterocycles. The molecule has 7 heteroatoms. The zero-order valence-corrected chi connectivity index (χ0v) is 8.55. The molecule has 0 fully saturated rings. The van der Waals surface area contributed by atoms with Crippen LogP contribution in [0.25, 0.3) is 0 Å². The van der Waals surface area contributed by atoms with Crippen molar-refractivity contribution in [1.29, 1.82) is 0 Å². The van der Waals surface area contributed by atoms with E-state index in [1.807, 2.05) is 0 Å². The number of aromatic amines is 1. The van der Waals surface area contributed by atoms with E-state index in [4.69, 9.17) is 11.6 Å². The molecular weight excluding hydrogens is 228 g/mol. The average Bonchev–Trinajstić information content (AvgIpc) is 2.68. The first-order valence-electron chi connectivity index (χ1n) is 4.27. The summed E-state index contributed by atoms with van der Waals surface area (Å²) in [5, 5.41) is 6.01. The third-order valence-electron chi connectivity index (χ3n) is 1.75. The topological polar surface area (TPSA) is 49.0 Å². The van der Waals surface area contributed by atoms with Gasteiger partial charge in [0.25, 0.3) is 12.3 Å². The van der Waals surface area contributed by atoms with Gasteiger partial charge in [-0.15, -0.1) is 11.6 Å². The molecule has 0 aliphatic carbocycles. The number of rotatable bonds is 5. The summed E-state index contributed by atoms with van der Waals surface area (Å²) in [5.74, 6) is -0.374. The zero-order chi connectivity index (χ0) is 11.3. The van der Waals surface area contributed by atoms with Crippen molar-refractivity contribution < 1.29 is 13.6 Å². The standard InChI is InChI=1S/C8H10ClF2N3O/c9-1-2-14(5-7(10)11)8(15)6-3-12-13-4-6/h3-4,7H,1-2,5H2,(H,12,13). The Labute approximate surface area is 90.2 Å². The van der Waals surface area contributed by atoms with Crippen LogP contribution in [-0.4, -0.2) is 46.4 Å². The maximum absolute atomic E-state index is 12.1. The molecule has 0 saturated heterocycles. The van der Waals surface area contributed by atoms with Crippen molar-refractivity contribution in [3.63, 3.8) is 0 Å². The van der Waals surface area contributed by atoms with Gasteiger partial charge in [-0.25, -0.2) is 8.78 Å². The van der Waals surface area contributed by atoms with Gasteiger partial charge in [-0.3, -0.25) is 9.89 Å². The Hall–Kier alpha value is -1.17. The first-order valence-corrected chi connectivity index (χ1v) is 4.80. The summed E-state index contributed by atoms with van der Waals surface area (Å²) in [4.78, 5) is 12.6. The largest absolute Gasteiger partial charge is 0.332 e. The van der Waals surface area contributed by atoms with Crippen molar-refractivity contribution in [1.82, 2.24) is 15.1 Å². The molecule has 0 aromatic carbocycles. The number of H-pyrrole nitrogens is 1. The highest BCUT2D eigenvalue weighted by Gasteiger charge is 2.19. The summed E-state index contributed by atoms with van der Waals surface area (Å²) in [6.45, 7) is -0.521. The molecule has 1 rings (SSSR count). The van der Waals surface area contributed by atoms with Gasteiger partial charge in [0, 0.05) is 18.6 Å². The van der Waals surface area contributed by atoms with Crippen LogP contribution < -0.4 is 0 Å². The second kappa shape index (κ2) is 5.65. The number of nitrogens with zero attached hydrogens (tertiary/aromatic N) is 2. The maximum Gasteiger partial charge on any atom is 0.257 e. The molecule has 0 bridgehead atoms. The first kappa shape index (κ1) is 11.9. The van der Waals surface area contributed by atoms with Crippen LogP contribution in [0.3, 0.4) is 0 Å². The second-order valence-corrected chi connectivity index (χ2v) is 3.20. The van der Waals surface area contributed by atoms with E-state index in [9.17, 15) is 13.6 Å². The minimum Gasteiger partial charge on any atom is -0.332 e. The monoisotopic (exact) mass is 237 g/mol. The molecule has 1 heterocycles. The highest BCUT2D eigenvalue weighted by molar-refractivity contribution is 6.18. The van der Waals surface area contributed by atoms with Crippen LogP contribution in [0.4, 0.5) is 8.78 Å². The number of amides is 1. The molecule has 15 heavy (non-hydrogen) atoms. The van der Waals surface area contributed by atoms with Crippen molar-refractivity contribution in [2.24, 2.45) is 0 Å². The Bertz CT molecular complexity index is 305. The number of nitrogens with one attached hydrogen (secondary N) is 1. The molecular formula is C8H10ClF2N3O. The molecule has 0 aliphatic rings. The minimum absolute atomic E-state index is 0.0932. The Morgan fingerprint density at radius 3 is 2.87 bits per heavy atom. The summed E-state index contributed by atoms with van der Waals surface area (Å²) >= 11 is 5.42. The van der Waals surface area contributed by atoms with Gasteiger partial charge in [0.1, 0.15) is 0 Å². The Morgan fingerprint density at radius 1 is 1.67 bits per heavy atom. The lowest BCUT2D eigenvalue weighted by Crippen LogP contribution is -2.36. The fourth-order valence-electron chi connectivity index (χ4n) is 1.09. The summed E-state index contributed by atoms with van der Waals surface area (Å²) < 4.78 is 24.3. The number of carbonyl (C=O) groups is 1. The number of carbonyl (C=O) groups excluding carboxylic acids is 1. The Kier molecular flexibility index (Phi) is 4.48. The molecule has 0 unspecified atom stereocenters. The number of hydrogen-bond donors (Lipinski definition) is 1. The Morgan fingerprint density at radius 2 is 2.40 bits per heavy atom. The highest BCUT2D eigenvalue weighted by atomic mass is 35.5. The summed E-state index contributed by atoms with van der Waals surface area (Å²) in [6, 6.07) is 0. The first-order chi connectivity index (χ1) is 7.15. The number of aromatic nitrogens is 2. The van der Waals surface area contributed by atoms with Crippen LogP contribution in [0, 0.1) is 0 Å². The van der Waals surface area contributed by atoms with Crippen molar-refractivity contribution in [3.05, 3.63) is 18.0 Å². The normalized spacial score (nSPS) is 10.7. The average molecular weight is 238 g/mol. The molecule has 0 radical (unpaired) electrons. The van der Waals surface area contributed by atoms with Gasteiger partial charge < -0.3 is 4.90 Å². The molecule has 1 aromatic rings. The fraction of sp³-hybridized carbons (Fsp3) is 0.500.